The predicted molar refractivity (Wildman–Crippen MR) is 120 cm³/mol. The Bertz CT molecular complexity index is 615. The van der Waals surface area contributed by atoms with Gasteiger partial charge in [0.25, 0.3) is 0 Å². The molecule has 4 rings (SSSR count). The number of hydrogen-bond acceptors (Lipinski definition) is 2. The highest BCUT2D eigenvalue weighted by atomic mass is 16.2. The van der Waals surface area contributed by atoms with Gasteiger partial charge in [0, 0.05) is 25.7 Å². The van der Waals surface area contributed by atoms with E-state index in [1.54, 1.807) is 0 Å². The smallest absolute Gasteiger partial charge is 0.226 e. The first-order valence-electron chi connectivity index (χ1n) is 12.4. The van der Waals surface area contributed by atoms with Gasteiger partial charge in [0.15, 0.2) is 0 Å². The molecule has 0 bridgehead atoms. The van der Waals surface area contributed by atoms with Crippen molar-refractivity contribution in [3.63, 3.8) is 0 Å². The number of carbonyl (C=O) groups is 1. The quantitative estimate of drug-likeness (QED) is 0.690. The van der Waals surface area contributed by atoms with Crippen molar-refractivity contribution in [3.8, 4) is 0 Å². The summed E-state index contributed by atoms with van der Waals surface area (Å²) in [5.41, 5.74) is 1.44. The van der Waals surface area contributed by atoms with Crippen molar-refractivity contribution >= 4 is 5.91 Å². The second kappa shape index (κ2) is 10.6. The third-order valence-corrected chi connectivity index (χ3v) is 7.69. The molecule has 0 N–H and O–H groups in total. The highest BCUT2D eigenvalue weighted by Gasteiger charge is 2.33. The van der Waals surface area contributed by atoms with Gasteiger partial charge in [0.05, 0.1) is 5.92 Å². The van der Waals surface area contributed by atoms with Crippen LogP contribution in [0.3, 0.4) is 0 Å². The predicted octanol–water partition coefficient (Wildman–Crippen LogP) is 5.29. The minimum absolute atomic E-state index is 0.250. The van der Waals surface area contributed by atoms with Crippen LogP contribution in [0.1, 0.15) is 76.2 Å². The van der Waals surface area contributed by atoms with Gasteiger partial charge in [0.2, 0.25) is 5.91 Å². The van der Waals surface area contributed by atoms with Crippen LogP contribution < -0.4 is 0 Å². The number of nitrogens with zero attached hydrogens (tertiary/aromatic N) is 2. The first kappa shape index (κ1) is 20.9. The molecule has 1 aromatic rings. The van der Waals surface area contributed by atoms with E-state index in [0.717, 1.165) is 38.0 Å². The number of hydrogen-bond donors (Lipinski definition) is 0. The maximum atomic E-state index is 13.3. The van der Waals surface area contributed by atoms with E-state index in [4.69, 9.17) is 0 Å². The standard InChI is InChI=1S/C26H40N2O/c29-26(27-18-15-23(16-19-27)20-22-10-5-4-6-11-22)24-12-9-17-28(21-24)25-13-7-2-1-3-8-14-25/h4-6,10-11,23-25H,1-3,7-9,12-21H2/t24-/m0/s1. The summed E-state index contributed by atoms with van der Waals surface area (Å²) >= 11 is 0. The molecule has 3 heteroatoms. The number of amides is 1. The molecule has 1 amide bonds. The van der Waals surface area contributed by atoms with Crippen LogP contribution in [0.4, 0.5) is 0 Å². The summed E-state index contributed by atoms with van der Waals surface area (Å²) in [4.78, 5) is 18.2. The van der Waals surface area contributed by atoms with E-state index in [-0.39, 0.29) is 5.92 Å². The van der Waals surface area contributed by atoms with Crippen molar-refractivity contribution in [1.82, 2.24) is 9.80 Å². The lowest BCUT2D eigenvalue weighted by Crippen LogP contribution is -2.49. The Balaban J connectivity index is 1.26. The Morgan fingerprint density at radius 1 is 0.793 bits per heavy atom. The van der Waals surface area contributed by atoms with E-state index in [2.05, 4.69) is 40.1 Å². The van der Waals surface area contributed by atoms with Gasteiger partial charge >= 0.3 is 0 Å². The summed E-state index contributed by atoms with van der Waals surface area (Å²) in [6.45, 7) is 4.17. The van der Waals surface area contributed by atoms with Crippen LogP contribution in [0.15, 0.2) is 30.3 Å². The van der Waals surface area contributed by atoms with Crippen molar-refractivity contribution in [2.45, 2.75) is 83.1 Å². The van der Waals surface area contributed by atoms with E-state index in [0.29, 0.717) is 5.91 Å². The van der Waals surface area contributed by atoms with Gasteiger partial charge in [-0.25, -0.2) is 0 Å². The molecule has 0 spiro atoms. The molecule has 3 fully saturated rings. The lowest BCUT2D eigenvalue weighted by atomic mass is 9.88. The largest absolute Gasteiger partial charge is 0.342 e. The van der Waals surface area contributed by atoms with Gasteiger partial charge in [-0.05, 0) is 63.0 Å². The van der Waals surface area contributed by atoms with Crippen molar-refractivity contribution in [2.24, 2.45) is 11.8 Å². The minimum atomic E-state index is 0.250. The molecule has 2 aliphatic heterocycles. The molecule has 2 heterocycles. The van der Waals surface area contributed by atoms with Crippen molar-refractivity contribution < 1.29 is 4.79 Å². The number of piperidine rings is 2. The average molecular weight is 397 g/mol. The molecule has 0 aromatic heterocycles. The van der Waals surface area contributed by atoms with E-state index in [1.165, 1.54) is 82.7 Å². The molecule has 29 heavy (non-hydrogen) atoms. The Morgan fingerprint density at radius 2 is 1.48 bits per heavy atom. The monoisotopic (exact) mass is 396 g/mol. The van der Waals surface area contributed by atoms with Crippen LogP contribution >= 0.6 is 0 Å². The van der Waals surface area contributed by atoms with Crippen LogP contribution in [0.5, 0.6) is 0 Å². The van der Waals surface area contributed by atoms with E-state index >= 15 is 0 Å². The van der Waals surface area contributed by atoms with Gasteiger partial charge < -0.3 is 4.90 Å². The van der Waals surface area contributed by atoms with Crippen LogP contribution in [0.2, 0.25) is 0 Å². The zero-order valence-electron chi connectivity index (χ0n) is 18.2. The highest BCUT2D eigenvalue weighted by molar-refractivity contribution is 5.79. The van der Waals surface area contributed by atoms with Gasteiger partial charge in [0.1, 0.15) is 0 Å². The van der Waals surface area contributed by atoms with E-state index in [9.17, 15) is 4.79 Å². The molecule has 0 radical (unpaired) electrons. The van der Waals surface area contributed by atoms with Crippen molar-refractivity contribution in [3.05, 3.63) is 35.9 Å². The molecule has 1 aliphatic carbocycles. The van der Waals surface area contributed by atoms with E-state index in [1.807, 2.05) is 0 Å². The number of likely N-dealkylation sites (tertiary alicyclic amines) is 2. The number of benzene rings is 1. The zero-order chi connectivity index (χ0) is 19.9. The highest BCUT2D eigenvalue weighted by Crippen LogP contribution is 2.29. The van der Waals surface area contributed by atoms with Gasteiger partial charge in [-0.3, -0.25) is 9.69 Å². The summed E-state index contributed by atoms with van der Waals surface area (Å²) in [6, 6.07) is 11.6. The maximum Gasteiger partial charge on any atom is 0.226 e. The first-order valence-corrected chi connectivity index (χ1v) is 12.4. The summed E-state index contributed by atoms with van der Waals surface area (Å²) in [5, 5.41) is 0. The molecular formula is C26H40N2O. The van der Waals surface area contributed by atoms with Gasteiger partial charge in [-0.15, -0.1) is 0 Å². The van der Waals surface area contributed by atoms with Crippen LogP contribution in [0, 0.1) is 11.8 Å². The number of carbonyl (C=O) groups excluding carboxylic acids is 1. The Kier molecular flexibility index (Phi) is 7.65. The summed E-state index contributed by atoms with van der Waals surface area (Å²) in [5.74, 6) is 1.44. The lowest BCUT2D eigenvalue weighted by molar-refractivity contribution is -0.139. The maximum absolute atomic E-state index is 13.3. The fourth-order valence-electron chi connectivity index (χ4n) is 5.90. The Morgan fingerprint density at radius 3 is 2.21 bits per heavy atom. The van der Waals surface area contributed by atoms with Crippen molar-refractivity contribution in [2.75, 3.05) is 26.2 Å². The molecule has 3 nitrogen and oxygen atoms in total. The summed E-state index contributed by atoms with van der Waals surface area (Å²) < 4.78 is 0. The van der Waals surface area contributed by atoms with E-state index < -0.39 is 0 Å². The molecule has 1 atom stereocenters. The topological polar surface area (TPSA) is 23.6 Å². The minimum Gasteiger partial charge on any atom is -0.342 e. The second-order valence-corrected chi connectivity index (χ2v) is 9.79. The van der Waals surface area contributed by atoms with Gasteiger partial charge in [-0.1, -0.05) is 62.4 Å². The van der Waals surface area contributed by atoms with Crippen LogP contribution in [-0.4, -0.2) is 47.9 Å². The van der Waals surface area contributed by atoms with Gasteiger partial charge in [-0.2, -0.15) is 0 Å². The molecule has 1 saturated carbocycles. The molecule has 3 aliphatic rings. The molecule has 2 saturated heterocycles. The summed E-state index contributed by atoms with van der Waals surface area (Å²) in [7, 11) is 0. The first-order chi connectivity index (χ1) is 14.3. The average Bonchev–Trinajstić information content (AvgIpc) is 2.74. The molecule has 0 unspecified atom stereocenters. The normalized spacial score (nSPS) is 26.1. The number of rotatable bonds is 4. The second-order valence-electron chi connectivity index (χ2n) is 9.79. The summed E-state index contributed by atoms with van der Waals surface area (Å²) in [6.07, 6.45) is 15.5. The molecule has 160 valence electrons. The zero-order valence-corrected chi connectivity index (χ0v) is 18.2. The third kappa shape index (κ3) is 5.84. The lowest BCUT2D eigenvalue weighted by Gasteiger charge is -2.41. The van der Waals surface area contributed by atoms with Crippen LogP contribution in [-0.2, 0) is 11.2 Å². The Hall–Kier alpha value is -1.35. The fourth-order valence-corrected chi connectivity index (χ4v) is 5.90. The Labute approximate surface area is 177 Å². The molecule has 1 aromatic carbocycles. The SMILES string of the molecule is O=C([C@H]1CCCN(C2CCCCCCC2)C1)N1CCC(Cc2ccccc2)CC1. The third-order valence-electron chi connectivity index (χ3n) is 7.69. The van der Waals surface area contributed by atoms with Crippen LogP contribution in [0.25, 0.3) is 0 Å². The molecular weight excluding hydrogens is 356 g/mol. The van der Waals surface area contributed by atoms with Crippen molar-refractivity contribution in [1.29, 1.82) is 0 Å². The fraction of sp³-hybridized carbons (Fsp3) is 0.731.